The lowest BCUT2D eigenvalue weighted by Gasteiger charge is -2.18. The third kappa shape index (κ3) is 70.3. The van der Waals surface area contributed by atoms with Crippen LogP contribution in [-0.2, 0) is 28.6 Å². The number of ether oxygens (including phenoxy) is 3. The molecular weight excluding hydrogens is 1020 g/mol. The monoisotopic (exact) mass is 1170 g/mol. The molecule has 0 saturated heterocycles. The molecule has 0 saturated carbocycles. The molecule has 6 heteroatoms. The van der Waals surface area contributed by atoms with Crippen LogP contribution >= 0.6 is 0 Å². The predicted octanol–water partition coefficient (Wildman–Crippen LogP) is 25.9. The van der Waals surface area contributed by atoms with Gasteiger partial charge in [0, 0.05) is 19.3 Å². The second kappa shape index (κ2) is 72.1. The maximum Gasteiger partial charge on any atom is 0.306 e. The van der Waals surface area contributed by atoms with Gasteiger partial charge in [0.25, 0.3) is 0 Å². The van der Waals surface area contributed by atoms with Crippen molar-refractivity contribution < 1.29 is 28.6 Å². The highest BCUT2D eigenvalue weighted by molar-refractivity contribution is 5.71. The molecule has 83 heavy (non-hydrogen) atoms. The highest BCUT2D eigenvalue weighted by atomic mass is 16.6. The van der Waals surface area contributed by atoms with Gasteiger partial charge in [-0.15, -0.1) is 0 Å². The van der Waals surface area contributed by atoms with Gasteiger partial charge in [0.1, 0.15) is 13.2 Å². The number of esters is 3. The lowest BCUT2D eigenvalue weighted by molar-refractivity contribution is -0.167. The van der Waals surface area contributed by atoms with Crippen LogP contribution in [0.5, 0.6) is 0 Å². The minimum absolute atomic E-state index is 0.0698. The Morgan fingerprint density at radius 1 is 0.229 bits per heavy atom. The lowest BCUT2D eigenvalue weighted by atomic mass is 10.0. The maximum atomic E-state index is 13.0. The summed E-state index contributed by atoms with van der Waals surface area (Å²) < 4.78 is 17.0. The van der Waals surface area contributed by atoms with Crippen LogP contribution in [-0.4, -0.2) is 37.2 Å². The second-order valence-electron chi connectivity index (χ2n) is 25.6. The normalized spacial score (nSPS) is 12.2. The molecule has 6 nitrogen and oxygen atoms in total. The summed E-state index contributed by atoms with van der Waals surface area (Å²) in [5.74, 6) is -0.851. The fourth-order valence-electron chi connectivity index (χ4n) is 11.4. The van der Waals surface area contributed by atoms with Gasteiger partial charge in [0.15, 0.2) is 6.10 Å². The van der Waals surface area contributed by atoms with E-state index in [1.54, 1.807) is 0 Å². The van der Waals surface area contributed by atoms with Crippen LogP contribution in [0.2, 0.25) is 0 Å². The Balaban J connectivity index is 4.14. The van der Waals surface area contributed by atoms with Crippen molar-refractivity contribution in [2.24, 2.45) is 0 Å². The van der Waals surface area contributed by atoms with E-state index in [0.717, 1.165) is 64.2 Å². The summed E-state index contributed by atoms with van der Waals surface area (Å²) in [5.41, 5.74) is 0. The first kappa shape index (κ1) is 80.6. The molecule has 0 aromatic rings. The van der Waals surface area contributed by atoms with Crippen LogP contribution in [0.4, 0.5) is 0 Å². The predicted molar refractivity (Wildman–Crippen MR) is 362 cm³/mol. The van der Waals surface area contributed by atoms with E-state index in [2.05, 4.69) is 57.2 Å². The quantitative estimate of drug-likeness (QED) is 0.0261. The van der Waals surface area contributed by atoms with Gasteiger partial charge in [-0.1, -0.05) is 346 Å². The third-order valence-corrected chi connectivity index (χ3v) is 17.1. The van der Waals surface area contributed by atoms with Gasteiger partial charge >= 0.3 is 17.9 Å². The molecule has 0 heterocycles. The fourth-order valence-corrected chi connectivity index (χ4v) is 11.4. The standard InChI is InChI=1S/C77H144O6/c1-4-7-10-13-16-19-22-24-26-28-30-32-34-36-38-40-42-44-46-48-50-52-55-58-61-64-67-70-76(79)82-73-74(72-81-75(78)69-66-63-60-57-54-21-18-15-12-9-6-3)83-77(80)71-68-65-62-59-56-53-51-49-47-45-43-41-39-37-35-33-31-29-27-25-23-20-17-14-11-8-5-2/h15,18,28-31,74H,4-14,16-17,19-27,32-73H2,1-3H3/b18-15-,30-28-,31-29-. The van der Waals surface area contributed by atoms with Crippen molar-refractivity contribution in [1.29, 1.82) is 0 Å². The Morgan fingerprint density at radius 3 is 0.639 bits per heavy atom. The molecule has 0 aliphatic heterocycles. The van der Waals surface area contributed by atoms with Crippen LogP contribution in [0, 0.1) is 0 Å². The summed E-state index contributed by atoms with van der Waals surface area (Å²) in [6.45, 7) is 6.67. The van der Waals surface area contributed by atoms with Crippen molar-refractivity contribution >= 4 is 17.9 Å². The minimum atomic E-state index is -0.774. The Labute approximate surface area is 518 Å². The average Bonchev–Trinajstić information content (AvgIpc) is 3.48. The van der Waals surface area contributed by atoms with Gasteiger partial charge in [-0.25, -0.2) is 0 Å². The number of unbranched alkanes of at least 4 members (excludes halogenated alkanes) is 53. The molecular formula is C77H144O6. The average molecular weight is 1170 g/mol. The number of rotatable bonds is 70. The molecule has 1 atom stereocenters. The van der Waals surface area contributed by atoms with E-state index in [4.69, 9.17) is 14.2 Å². The van der Waals surface area contributed by atoms with Gasteiger partial charge in [-0.05, 0) is 89.9 Å². The summed E-state index contributed by atoms with van der Waals surface area (Å²) >= 11 is 0. The van der Waals surface area contributed by atoms with E-state index in [1.165, 1.54) is 315 Å². The summed E-state index contributed by atoms with van der Waals surface area (Å²) in [5, 5.41) is 0. The smallest absolute Gasteiger partial charge is 0.306 e. The molecule has 0 aliphatic rings. The highest BCUT2D eigenvalue weighted by Gasteiger charge is 2.20. The van der Waals surface area contributed by atoms with Gasteiger partial charge in [0.05, 0.1) is 0 Å². The summed E-state index contributed by atoms with van der Waals surface area (Å²) in [4.78, 5) is 38.4. The number of hydrogen-bond acceptors (Lipinski definition) is 6. The van der Waals surface area contributed by atoms with E-state index in [9.17, 15) is 14.4 Å². The number of hydrogen-bond donors (Lipinski definition) is 0. The highest BCUT2D eigenvalue weighted by Crippen LogP contribution is 2.19. The lowest BCUT2D eigenvalue weighted by Crippen LogP contribution is -2.30. The van der Waals surface area contributed by atoms with Crippen molar-refractivity contribution in [3.05, 3.63) is 36.5 Å². The molecule has 0 aromatic heterocycles. The third-order valence-electron chi connectivity index (χ3n) is 17.1. The molecule has 488 valence electrons. The molecule has 0 amide bonds. The van der Waals surface area contributed by atoms with E-state index < -0.39 is 6.10 Å². The van der Waals surface area contributed by atoms with Crippen molar-refractivity contribution in [2.75, 3.05) is 13.2 Å². The van der Waals surface area contributed by atoms with Crippen molar-refractivity contribution in [3.63, 3.8) is 0 Å². The first-order valence-corrected chi connectivity index (χ1v) is 37.5. The SMILES string of the molecule is CCCC/C=C\CCCCCCCC(=O)OCC(COC(=O)CCCCCCCCCCCCCCCCC/C=C\CCCCCCCCCC)OC(=O)CCCCCCCCCCCCCCCCC/C=C\CCCCCCCCCC. The van der Waals surface area contributed by atoms with Crippen molar-refractivity contribution in [2.45, 2.75) is 425 Å². The molecule has 0 fully saturated rings. The zero-order valence-corrected chi connectivity index (χ0v) is 56.2. The van der Waals surface area contributed by atoms with E-state index in [1.807, 2.05) is 0 Å². The summed E-state index contributed by atoms with van der Waals surface area (Å²) in [7, 11) is 0. The number of carbonyl (C=O) groups excluding carboxylic acids is 3. The van der Waals surface area contributed by atoms with Crippen LogP contribution < -0.4 is 0 Å². The van der Waals surface area contributed by atoms with Gasteiger partial charge in [0.2, 0.25) is 0 Å². The topological polar surface area (TPSA) is 78.9 Å². The first-order chi connectivity index (χ1) is 41.0. The molecule has 0 aliphatic carbocycles. The first-order valence-electron chi connectivity index (χ1n) is 37.5. The van der Waals surface area contributed by atoms with E-state index in [0.29, 0.717) is 19.3 Å². The van der Waals surface area contributed by atoms with Crippen molar-refractivity contribution in [3.8, 4) is 0 Å². The van der Waals surface area contributed by atoms with Crippen LogP contribution in [0.25, 0.3) is 0 Å². The van der Waals surface area contributed by atoms with Crippen LogP contribution in [0.3, 0.4) is 0 Å². The molecule has 0 N–H and O–H groups in total. The van der Waals surface area contributed by atoms with Crippen LogP contribution in [0.1, 0.15) is 419 Å². The Morgan fingerprint density at radius 2 is 0.410 bits per heavy atom. The second-order valence-corrected chi connectivity index (χ2v) is 25.6. The minimum Gasteiger partial charge on any atom is -0.462 e. The van der Waals surface area contributed by atoms with Gasteiger partial charge in [-0.2, -0.15) is 0 Å². The van der Waals surface area contributed by atoms with Gasteiger partial charge in [-0.3, -0.25) is 14.4 Å². The Hall–Kier alpha value is -2.37. The number of allylic oxidation sites excluding steroid dienone is 6. The summed E-state index contributed by atoms with van der Waals surface area (Å²) in [6, 6.07) is 0. The van der Waals surface area contributed by atoms with Crippen molar-refractivity contribution in [1.82, 2.24) is 0 Å². The summed E-state index contributed by atoms with van der Waals surface area (Å²) in [6.07, 6.45) is 90.6. The fraction of sp³-hybridized carbons (Fsp3) is 0.883. The molecule has 1 unspecified atom stereocenters. The Kier molecular flexibility index (Phi) is 70.0. The molecule has 0 bridgehead atoms. The van der Waals surface area contributed by atoms with E-state index >= 15 is 0 Å². The molecule has 0 aromatic carbocycles. The largest absolute Gasteiger partial charge is 0.462 e. The zero-order chi connectivity index (χ0) is 59.9. The maximum absolute atomic E-state index is 13.0. The Bertz CT molecular complexity index is 1380. The van der Waals surface area contributed by atoms with Gasteiger partial charge < -0.3 is 14.2 Å². The molecule has 0 rings (SSSR count). The molecule has 0 spiro atoms. The number of carbonyl (C=O) groups is 3. The van der Waals surface area contributed by atoms with E-state index in [-0.39, 0.29) is 31.1 Å². The van der Waals surface area contributed by atoms with Crippen LogP contribution in [0.15, 0.2) is 36.5 Å². The zero-order valence-electron chi connectivity index (χ0n) is 56.2. The molecule has 0 radical (unpaired) electrons.